The summed E-state index contributed by atoms with van der Waals surface area (Å²) in [5.74, 6) is 0.0894. The van der Waals surface area contributed by atoms with Gasteiger partial charge in [-0.25, -0.2) is 9.38 Å². The third-order valence-electron chi connectivity index (χ3n) is 5.55. The molecule has 0 aromatic heterocycles. The third-order valence-corrected chi connectivity index (χ3v) is 5.55. The van der Waals surface area contributed by atoms with Crippen LogP contribution in [-0.2, 0) is 9.53 Å². The summed E-state index contributed by atoms with van der Waals surface area (Å²) in [4.78, 5) is 17.3. The lowest BCUT2D eigenvalue weighted by molar-refractivity contribution is -0.137. The van der Waals surface area contributed by atoms with Crippen molar-refractivity contribution in [3.63, 3.8) is 0 Å². The van der Waals surface area contributed by atoms with Gasteiger partial charge in [0, 0.05) is 32.1 Å². The normalized spacial score (nSPS) is 28.9. The number of halogens is 4. The van der Waals surface area contributed by atoms with Gasteiger partial charge in [-0.3, -0.25) is 10.1 Å². The first-order valence-electron chi connectivity index (χ1n) is 9.82. The van der Waals surface area contributed by atoms with Gasteiger partial charge in [0.1, 0.15) is 11.9 Å². The minimum atomic E-state index is -4.58. The summed E-state index contributed by atoms with van der Waals surface area (Å²) < 4.78 is 59.3. The fourth-order valence-corrected chi connectivity index (χ4v) is 3.96. The van der Waals surface area contributed by atoms with Gasteiger partial charge in [-0.2, -0.15) is 13.2 Å². The average molecular weight is 429 g/mol. The second-order valence-corrected chi connectivity index (χ2v) is 7.85. The van der Waals surface area contributed by atoms with Crippen molar-refractivity contribution in [1.29, 1.82) is 0 Å². The number of nitrogens with one attached hydrogen (secondary N) is 3. The maximum Gasteiger partial charge on any atom is 0.414 e. The molecular formula is C19H23F4N5O2. The first kappa shape index (κ1) is 20.7. The summed E-state index contributed by atoms with van der Waals surface area (Å²) >= 11 is 0. The molecule has 2 fully saturated rings. The van der Waals surface area contributed by atoms with Crippen molar-refractivity contribution < 1.29 is 27.1 Å². The number of hydrogen-bond acceptors (Lipinski definition) is 6. The first-order valence-corrected chi connectivity index (χ1v) is 9.82. The van der Waals surface area contributed by atoms with Crippen molar-refractivity contribution in [2.75, 3.05) is 26.2 Å². The number of rotatable bonds is 2. The van der Waals surface area contributed by atoms with Gasteiger partial charge in [0.25, 0.3) is 0 Å². The molecule has 0 radical (unpaired) electrons. The molecule has 0 bridgehead atoms. The van der Waals surface area contributed by atoms with Crippen molar-refractivity contribution in [2.45, 2.75) is 43.2 Å². The van der Waals surface area contributed by atoms with Gasteiger partial charge < -0.3 is 20.3 Å². The summed E-state index contributed by atoms with van der Waals surface area (Å²) in [6.45, 7) is 1.73. The Hall–Kier alpha value is -2.56. The van der Waals surface area contributed by atoms with E-state index in [1.807, 2.05) is 0 Å². The van der Waals surface area contributed by atoms with E-state index in [0.717, 1.165) is 6.08 Å². The largest absolute Gasteiger partial charge is 0.445 e. The van der Waals surface area contributed by atoms with Crippen LogP contribution in [0.3, 0.4) is 0 Å². The third kappa shape index (κ3) is 4.61. The van der Waals surface area contributed by atoms with Crippen LogP contribution in [0, 0.1) is 0 Å². The Kier molecular flexibility index (Phi) is 5.48. The molecule has 11 heteroatoms. The number of aliphatic imine (C=N–C) groups is 1. The summed E-state index contributed by atoms with van der Waals surface area (Å²) in [5.41, 5.74) is -0.394. The van der Waals surface area contributed by atoms with Crippen molar-refractivity contribution in [3.8, 4) is 0 Å². The molecule has 3 aliphatic heterocycles. The van der Waals surface area contributed by atoms with Gasteiger partial charge in [-0.15, -0.1) is 0 Å². The van der Waals surface area contributed by atoms with Gasteiger partial charge in [0.15, 0.2) is 11.9 Å². The highest BCUT2D eigenvalue weighted by molar-refractivity contribution is 5.83. The van der Waals surface area contributed by atoms with Crippen molar-refractivity contribution >= 4 is 11.9 Å². The van der Waals surface area contributed by atoms with E-state index in [0.29, 0.717) is 32.5 Å². The maximum absolute atomic E-state index is 13.5. The molecule has 2 saturated heterocycles. The number of alkyl halides is 4. The number of likely N-dealkylation sites (tertiary alicyclic amines) is 1. The molecule has 3 N–H and O–H groups in total. The predicted molar refractivity (Wildman–Crippen MR) is 101 cm³/mol. The highest BCUT2D eigenvalue weighted by atomic mass is 19.4. The fraction of sp³-hybridized carbons (Fsp3) is 0.579. The van der Waals surface area contributed by atoms with Crippen LogP contribution in [-0.4, -0.2) is 66.9 Å². The monoisotopic (exact) mass is 429 g/mol. The molecule has 30 heavy (non-hydrogen) atoms. The topological polar surface area (TPSA) is 78.0 Å². The van der Waals surface area contributed by atoms with Crippen LogP contribution < -0.4 is 16.0 Å². The number of allylic oxidation sites excluding steroid dienone is 4. The lowest BCUT2D eigenvalue weighted by Crippen LogP contribution is -2.66. The quantitative estimate of drug-likeness (QED) is 0.580. The summed E-state index contributed by atoms with van der Waals surface area (Å²) in [6, 6.07) is -2.06. The smallest absolute Gasteiger partial charge is 0.414 e. The number of carbonyl (C=O) groups is 1. The van der Waals surface area contributed by atoms with Gasteiger partial charge in [0.2, 0.25) is 11.9 Å². The molecule has 3 heterocycles. The zero-order chi connectivity index (χ0) is 21.4. The number of carbonyl (C=O) groups excluding carboxylic acids is 1. The number of guanidine groups is 1. The lowest BCUT2D eigenvalue weighted by Gasteiger charge is -2.45. The molecule has 0 aromatic carbocycles. The molecule has 1 amide bonds. The first-order chi connectivity index (χ1) is 14.2. The van der Waals surface area contributed by atoms with E-state index >= 15 is 0 Å². The number of piperidine rings is 1. The SMILES string of the molecule is O=C1CNCC2(CCN(C3=NC(C(F)(F)F)C=C(OC4=CC=CC(F)C4)N3)CC2)N1. The molecule has 4 rings (SSSR count). The summed E-state index contributed by atoms with van der Waals surface area (Å²) in [5, 5.41) is 8.89. The molecule has 1 aliphatic carbocycles. The van der Waals surface area contributed by atoms with Crippen LogP contribution in [0.5, 0.6) is 0 Å². The van der Waals surface area contributed by atoms with Crippen molar-refractivity contribution in [1.82, 2.24) is 20.9 Å². The zero-order valence-electron chi connectivity index (χ0n) is 16.1. The minimum Gasteiger partial charge on any atom is -0.445 e. The molecule has 0 saturated carbocycles. The molecule has 164 valence electrons. The standard InChI is InChI=1S/C19H23F4N5O2/c20-12-2-1-3-13(8-12)30-16-9-14(19(21,22)23)25-17(26-16)28-6-4-18(5-7-28)11-24-10-15(29)27-18/h1-3,9,12,14,24H,4-8,10-11H2,(H,25,26)(H,27,29). The van der Waals surface area contributed by atoms with Crippen molar-refractivity contribution in [2.24, 2.45) is 4.99 Å². The number of amides is 1. The zero-order valence-corrected chi connectivity index (χ0v) is 16.1. The van der Waals surface area contributed by atoms with E-state index in [-0.39, 0.29) is 36.5 Å². The van der Waals surface area contributed by atoms with E-state index in [4.69, 9.17) is 4.74 Å². The lowest BCUT2D eigenvalue weighted by atomic mass is 9.86. The predicted octanol–water partition coefficient (Wildman–Crippen LogP) is 1.47. The number of hydrogen-bond donors (Lipinski definition) is 3. The van der Waals surface area contributed by atoms with E-state index in [1.165, 1.54) is 18.2 Å². The van der Waals surface area contributed by atoms with Crippen molar-refractivity contribution in [3.05, 3.63) is 35.9 Å². The van der Waals surface area contributed by atoms with Gasteiger partial charge in [0.05, 0.1) is 12.1 Å². The minimum absolute atomic E-state index is 0.0440. The van der Waals surface area contributed by atoms with Gasteiger partial charge in [-0.1, -0.05) is 12.2 Å². The summed E-state index contributed by atoms with van der Waals surface area (Å²) in [7, 11) is 0. The molecule has 2 atom stereocenters. The Balaban J connectivity index is 1.46. The van der Waals surface area contributed by atoms with Crippen LogP contribution in [0.15, 0.2) is 40.9 Å². The molecule has 2 unspecified atom stereocenters. The molecule has 7 nitrogen and oxygen atoms in total. The second-order valence-electron chi connectivity index (χ2n) is 7.85. The van der Waals surface area contributed by atoms with E-state index < -0.39 is 23.9 Å². The molecule has 4 aliphatic rings. The van der Waals surface area contributed by atoms with Crippen LogP contribution in [0.1, 0.15) is 19.3 Å². The maximum atomic E-state index is 13.5. The Bertz CT molecular complexity index is 812. The highest BCUT2D eigenvalue weighted by Crippen LogP contribution is 2.30. The fourth-order valence-electron chi connectivity index (χ4n) is 3.96. The number of nitrogens with zero attached hydrogens (tertiary/aromatic N) is 2. The number of piperazine rings is 1. The summed E-state index contributed by atoms with van der Waals surface area (Å²) in [6.07, 6.45) is 0.483. The van der Waals surface area contributed by atoms with E-state index in [9.17, 15) is 22.4 Å². The average Bonchev–Trinajstić information content (AvgIpc) is 2.67. The van der Waals surface area contributed by atoms with Gasteiger partial charge in [-0.05, 0) is 18.9 Å². The Morgan fingerprint density at radius 2 is 2.03 bits per heavy atom. The van der Waals surface area contributed by atoms with Crippen LogP contribution in [0.4, 0.5) is 17.6 Å². The van der Waals surface area contributed by atoms with Crippen LogP contribution in [0.25, 0.3) is 0 Å². The van der Waals surface area contributed by atoms with Crippen LogP contribution in [0.2, 0.25) is 0 Å². The molecule has 1 spiro atoms. The molecule has 0 aromatic rings. The van der Waals surface area contributed by atoms with Crippen LogP contribution >= 0.6 is 0 Å². The Labute approximate surface area is 170 Å². The number of ether oxygens (including phenoxy) is 1. The highest BCUT2D eigenvalue weighted by Gasteiger charge is 2.43. The Morgan fingerprint density at radius 1 is 1.27 bits per heavy atom. The van der Waals surface area contributed by atoms with E-state index in [2.05, 4.69) is 20.9 Å². The Morgan fingerprint density at radius 3 is 2.70 bits per heavy atom. The second kappa shape index (κ2) is 7.93. The van der Waals surface area contributed by atoms with Gasteiger partial charge >= 0.3 is 6.18 Å². The molecular weight excluding hydrogens is 406 g/mol. The van der Waals surface area contributed by atoms with E-state index in [1.54, 1.807) is 4.90 Å².